The van der Waals surface area contributed by atoms with Crippen molar-refractivity contribution < 1.29 is 4.79 Å². The lowest BCUT2D eigenvalue weighted by Crippen LogP contribution is -2.35. The highest BCUT2D eigenvalue weighted by atomic mass is 35.5. The number of halogens is 2. The molecule has 2 aromatic rings. The van der Waals surface area contributed by atoms with E-state index in [-0.39, 0.29) is 6.03 Å². The van der Waals surface area contributed by atoms with Crippen molar-refractivity contribution in [2.45, 2.75) is 25.4 Å². The van der Waals surface area contributed by atoms with Gasteiger partial charge in [-0.25, -0.2) is 9.78 Å². The zero-order chi connectivity index (χ0) is 14.1. The second kappa shape index (κ2) is 5.46. The summed E-state index contributed by atoms with van der Waals surface area (Å²) in [5.41, 5.74) is 0.972. The van der Waals surface area contributed by atoms with Crippen LogP contribution < -0.4 is 0 Å². The molecule has 0 radical (unpaired) electrons. The Labute approximate surface area is 126 Å². The fraction of sp³-hybridized carbons (Fsp3) is 0.286. The third kappa shape index (κ3) is 2.81. The van der Waals surface area contributed by atoms with E-state index >= 15 is 0 Å². The second-order valence-corrected chi connectivity index (χ2v) is 5.67. The Balaban J connectivity index is 1.81. The Morgan fingerprint density at radius 3 is 2.75 bits per heavy atom. The number of amides is 1. The molecule has 0 spiro atoms. The number of carbonyl (C=O) groups excluding carboxylic acids is 1. The smallest absolute Gasteiger partial charge is 0.317 e. The van der Waals surface area contributed by atoms with Crippen LogP contribution in [0.2, 0.25) is 10.0 Å². The zero-order valence-corrected chi connectivity index (χ0v) is 12.2. The van der Waals surface area contributed by atoms with Crippen molar-refractivity contribution >= 4 is 29.2 Å². The lowest BCUT2D eigenvalue weighted by Gasteiger charge is -2.22. The lowest BCUT2D eigenvalue weighted by molar-refractivity contribution is 0.193. The molecule has 1 aromatic heterocycles. The van der Waals surface area contributed by atoms with Gasteiger partial charge in [0.1, 0.15) is 6.33 Å². The Morgan fingerprint density at radius 1 is 1.35 bits per heavy atom. The van der Waals surface area contributed by atoms with Crippen molar-refractivity contribution in [2.24, 2.45) is 0 Å². The van der Waals surface area contributed by atoms with E-state index in [2.05, 4.69) is 4.98 Å². The Morgan fingerprint density at radius 2 is 2.15 bits per heavy atom. The monoisotopic (exact) mass is 309 g/mol. The zero-order valence-electron chi connectivity index (χ0n) is 10.7. The van der Waals surface area contributed by atoms with E-state index in [1.807, 2.05) is 11.0 Å². The van der Waals surface area contributed by atoms with Crippen LogP contribution in [0.1, 0.15) is 18.4 Å². The van der Waals surface area contributed by atoms with Gasteiger partial charge in [-0.2, -0.15) is 0 Å². The van der Waals surface area contributed by atoms with Crippen LogP contribution in [0.15, 0.2) is 36.9 Å². The maximum absolute atomic E-state index is 12.4. The van der Waals surface area contributed by atoms with Gasteiger partial charge in [-0.05, 0) is 30.5 Å². The Bertz CT molecular complexity index is 623. The normalized spacial score (nSPS) is 14.3. The van der Waals surface area contributed by atoms with E-state index < -0.39 is 0 Å². The largest absolute Gasteiger partial charge is 0.329 e. The third-order valence-electron chi connectivity index (χ3n) is 3.30. The van der Waals surface area contributed by atoms with Crippen LogP contribution in [-0.4, -0.2) is 26.5 Å². The van der Waals surface area contributed by atoms with Crippen LogP contribution in [0, 0.1) is 0 Å². The van der Waals surface area contributed by atoms with Crippen LogP contribution in [-0.2, 0) is 6.54 Å². The van der Waals surface area contributed by atoms with E-state index in [0.29, 0.717) is 22.6 Å². The molecular weight excluding hydrogens is 297 g/mol. The van der Waals surface area contributed by atoms with Crippen molar-refractivity contribution in [3.05, 3.63) is 52.5 Å². The van der Waals surface area contributed by atoms with Crippen LogP contribution in [0.5, 0.6) is 0 Å². The van der Waals surface area contributed by atoms with E-state index in [0.717, 1.165) is 18.4 Å². The highest BCUT2D eigenvalue weighted by Crippen LogP contribution is 2.30. The van der Waals surface area contributed by atoms with Gasteiger partial charge < -0.3 is 4.90 Å². The fourth-order valence-corrected chi connectivity index (χ4v) is 2.42. The molecule has 1 saturated carbocycles. The van der Waals surface area contributed by atoms with Crippen LogP contribution in [0.25, 0.3) is 0 Å². The van der Waals surface area contributed by atoms with Crippen molar-refractivity contribution in [1.82, 2.24) is 14.5 Å². The highest BCUT2D eigenvalue weighted by molar-refractivity contribution is 6.42. The molecule has 1 heterocycles. The predicted octanol–water partition coefficient (Wildman–Crippen LogP) is 3.82. The predicted molar refractivity (Wildman–Crippen MR) is 78.0 cm³/mol. The molecule has 1 fully saturated rings. The minimum atomic E-state index is -0.0592. The Kier molecular flexibility index (Phi) is 3.68. The average molecular weight is 310 g/mol. The SMILES string of the molecule is O=C(N(Cc1ccc(Cl)c(Cl)c1)C1CC1)n1ccnc1. The molecule has 3 rings (SSSR count). The summed E-state index contributed by atoms with van der Waals surface area (Å²) in [5.74, 6) is 0. The number of hydrogen-bond donors (Lipinski definition) is 0. The summed E-state index contributed by atoms with van der Waals surface area (Å²) in [6.07, 6.45) is 6.87. The molecule has 0 atom stereocenters. The van der Waals surface area contributed by atoms with Crippen LogP contribution >= 0.6 is 23.2 Å². The fourth-order valence-electron chi connectivity index (χ4n) is 2.09. The first-order valence-corrected chi connectivity index (χ1v) is 7.13. The number of imidazole rings is 1. The molecule has 4 nitrogen and oxygen atoms in total. The summed E-state index contributed by atoms with van der Waals surface area (Å²) < 4.78 is 1.50. The van der Waals surface area contributed by atoms with Gasteiger partial charge in [-0.3, -0.25) is 4.57 Å². The number of benzene rings is 1. The number of aromatic nitrogens is 2. The van der Waals surface area contributed by atoms with Crippen LogP contribution in [0.4, 0.5) is 4.79 Å². The van der Waals surface area contributed by atoms with E-state index in [1.165, 1.54) is 10.9 Å². The minimum Gasteiger partial charge on any atom is -0.317 e. The summed E-state index contributed by atoms with van der Waals surface area (Å²) >= 11 is 11.9. The molecule has 1 aliphatic carbocycles. The minimum absolute atomic E-state index is 0.0592. The van der Waals surface area contributed by atoms with Crippen molar-refractivity contribution in [3.63, 3.8) is 0 Å². The summed E-state index contributed by atoms with van der Waals surface area (Å²) in [4.78, 5) is 18.2. The first-order valence-electron chi connectivity index (χ1n) is 6.38. The maximum Gasteiger partial charge on any atom is 0.329 e. The summed E-state index contributed by atoms with van der Waals surface area (Å²) in [6.45, 7) is 0.526. The number of rotatable bonds is 3. The summed E-state index contributed by atoms with van der Waals surface area (Å²) in [5, 5.41) is 1.03. The molecule has 6 heteroatoms. The molecule has 0 aliphatic heterocycles. The molecule has 0 N–H and O–H groups in total. The Hall–Kier alpha value is -1.52. The summed E-state index contributed by atoms with van der Waals surface area (Å²) in [6, 6.07) is 5.70. The molecule has 0 bridgehead atoms. The molecule has 1 aromatic carbocycles. The van der Waals surface area contributed by atoms with E-state index in [4.69, 9.17) is 23.2 Å². The molecule has 0 unspecified atom stereocenters. The van der Waals surface area contributed by atoms with Gasteiger partial charge in [0, 0.05) is 25.0 Å². The first-order chi connectivity index (χ1) is 9.65. The topological polar surface area (TPSA) is 38.1 Å². The van der Waals surface area contributed by atoms with Crippen molar-refractivity contribution in [2.75, 3.05) is 0 Å². The molecule has 104 valence electrons. The van der Waals surface area contributed by atoms with Gasteiger partial charge in [0.2, 0.25) is 0 Å². The van der Waals surface area contributed by atoms with Crippen molar-refractivity contribution in [1.29, 1.82) is 0 Å². The van der Waals surface area contributed by atoms with E-state index in [9.17, 15) is 4.79 Å². The highest BCUT2D eigenvalue weighted by Gasteiger charge is 2.33. The second-order valence-electron chi connectivity index (χ2n) is 4.86. The van der Waals surface area contributed by atoms with Gasteiger partial charge in [0.05, 0.1) is 10.0 Å². The lowest BCUT2D eigenvalue weighted by atomic mass is 10.2. The average Bonchev–Trinajstić information content (AvgIpc) is 3.13. The number of carbonyl (C=O) groups is 1. The number of nitrogens with zero attached hydrogens (tertiary/aromatic N) is 3. The first kappa shape index (κ1) is 13.5. The molecule has 1 aliphatic rings. The van der Waals surface area contributed by atoms with E-state index in [1.54, 1.807) is 24.5 Å². The van der Waals surface area contributed by atoms with Crippen LogP contribution in [0.3, 0.4) is 0 Å². The molecule has 0 saturated heterocycles. The van der Waals surface area contributed by atoms with Gasteiger partial charge in [-0.1, -0.05) is 29.3 Å². The molecular formula is C14H13Cl2N3O. The van der Waals surface area contributed by atoms with Gasteiger partial charge in [-0.15, -0.1) is 0 Å². The molecule has 20 heavy (non-hydrogen) atoms. The van der Waals surface area contributed by atoms with Gasteiger partial charge in [0.25, 0.3) is 0 Å². The molecule has 1 amide bonds. The van der Waals surface area contributed by atoms with Gasteiger partial charge in [0.15, 0.2) is 0 Å². The maximum atomic E-state index is 12.4. The standard InChI is InChI=1S/C14H13Cl2N3O/c15-12-4-1-10(7-13(12)16)8-19(11-2-3-11)14(20)18-6-5-17-9-18/h1,4-7,9,11H,2-3,8H2. The quantitative estimate of drug-likeness (QED) is 0.864. The number of hydrogen-bond acceptors (Lipinski definition) is 2. The summed E-state index contributed by atoms with van der Waals surface area (Å²) in [7, 11) is 0. The van der Waals surface area contributed by atoms with Gasteiger partial charge >= 0.3 is 6.03 Å². The third-order valence-corrected chi connectivity index (χ3v) is 4.03. The van der Waals surface area contributed by atoms with Crippen molar-refractivity contribution in [3.8, 4) is 0 Å².